The molecule has 3 N–H and O–H groups in total. The highest BCUT2D eigenvalue weighted by Crippen LogP contribution is 2.25. The third kappa shape index (κ3) is 6.27. The van der Waals surface area contributed by atoms with E-state index in [1.807, 2.05) is 78.9 Å². The summed E-state index contributed by atoms with van der Waals surface area (Å²) in [7, 11) is 0. The highest BCUT2D eigenvalue weighted by molar-refractivity contribution is 9.10. The number of benzene rings is 3. The minimum Gasteiger partial charge on any atom is -0.445 e. The fraction of sp³-hybridized carbons (Fsp3) is 0.222. The Morgan fingerprint density at radius 3 is 2.37 bits per heavy atom. The number of carbonyl (C=O) groups is 3. The number of fused-ring (bicyclic) bond motifs is 1. The Hall–Kier alpha value is -3.65. The minimum absolute atomic E-state index is 0.0962. The summed E-state index contributed by atoms with van der Waals surface area (Å²) in [4.78, 5) is 40.0. The molecule has 0 aliphatic carbocycles. The van der Waals surface area contributed by atoms with Crippen molar-refractivity contribution in [3.8, 4) is 0 Å². The number of ether oxygens (including phenoxy) is 1. The molecule has 3 aromatic rings. The average Bonchev–Trinajstić information content (AvgIpc) is 2.86. The van der Waals surface area contributed by atoms with E-state index < -0.39 is 30.0 Å². The van der Waals surface area contributed by atoms with Crippen LogP contribution in [0.3, 0.4) is 0 Å². The van der Waals surface area contributed by atoms with E-state index in [0.717, 1.165) is 26.7 Å². The first-order valence-corrected chi connectivity index (χ1v) is 12.1. The van der Waals surface area contributed by atoms with E-state index in [1.165, 1.54) is 4.90 Å². The number of hydrogen-bond acceptors (Lipinski definition) is 4. The third-order valence-corrected chi connectivity index (χ3v) is 6.47. The Balaban J connectivity index is 1.52. The zero-order chi connectivity index (χ0) is 24.8. The molecular weight excluding hydrogens is 510 g/mol. The van der Waals surface area contributed by atoms with Crippen molar-refractivity contribution in [3.63, 3.8) is 0 Å². The Labute approximate surface area is 212 Å². The van der Waals surface area contributed by atoms with E-state index in [-0.39, 0.29) is 19.6 Å². The zero-order valence-electron chi connectivity index (χ0n) is 19.0. The lowest BCUT2D eigenvalue weighted by atomic mass is 9.93. The van der Waals surface area contributed by atoms with Gasteiger partial charge in [0.1, 0.15) is 18.7 Å². The molecule has 180 valence electrons. The molecule has 2 atom stereocenters. The molecule has 0 radical (unpaired) electrons. The summed E-state index contributed by atoms with van der Waals surface area (Å²) in [6.45, 7) is 0.327. The number of carbonyl (C=O) groups excluding carboxylic acids is 3. The topological polar surface area (TPSA) is 102 Å². The zero-order valence-corrected chi connectivity index (χ0v) is 20.6. The van der Waals surface area contributed by atoms with Crippen LogP contribution in [0.1, 0.15) is 22.3 Å². The molecule has 0 saturated heterocycles. The van der Waals surface area contributed by atoms with Gasteiger partial charge in [-0.25, -0.2) is 4.79 Å². The number of nitrogens with one attached hydrogen (secondary N) is 1. The van der Waals surface area contributed by atoms with Crippen LogP contribution in [0.25, 0.3) is 0 Å². The van der Waals surface area contributed by atoms with E-state index in [4.69, 9.17) is 10.5 Å². The summed E-state index contributed by atoms with van der Waals surface area (Å²) in [5, 5.41) is 2.77. The van der Waals surface area contributed by atoms with Crippen LogP contribution in [-0.4, -0.2) is 34.9 Å². The summed E-state index contributed by atoms with van der Waals surface area (Å²) < 4.78 is 6.40. The summed E-state index contributed by atoms with van der Waals surface area (Å²) in [6.07, 6.45) is -0.0429. The number of nitrogens with zero attached hydrogens (tertiary/aromatic N) is 1. The number of hydrogen-bond donors (Lipinski definition) is 2. The Morgan fingerprint density at radius 2 is 1.66 bits per heavy atom. The molecule has 35 heavy (non-hydrogen) atoms. The summed E-state index contributed by atoms with van der Waals surface area (Å²) >= 11 is 3.41. The van der Waals surface area contributed by atoms with Gasteiger partial charge in [0.25, 0.3) is 0 Å². The molecule has 1 aliphatic rings. The van der Waals surface area contributed by atoms with Gasteiger partial charge in [0.05, 0.1) is 6.54 Å². The van der Waals surface area contributed by atoms with Gasteiger partial charge >= 0.3 is 6.09 Å². The standard InChI is InChI=1S/C27H26BrN3O4/c28-22-12-6-9-19(13-22)14-23(25(29)32)30-26(33)24-15-20-10-4-5-11-21(20)16-31(24)27(34)35-17-18-7-2-1-3-8-18/h1-13,23-24H,14-17H2,(H2,29,32)(H,30,33)/t23-,24+/m1/s1. The van der Waals surface area contributed by atoms with Gasteiger partial charge in [0, 0.05) is 17.3 Å². The van der Waals surface area contributed by atoms with Crippen LogP contribution in [0, 0.1) is 0 Å². The molecule has 0 saturated carbocycles. The summed E-state index contributed by atoms with van der Waals surface area (Å²) in [5.41, 5.74) is 9.23. The van der Waals surface area contributed by atoms with Crippen molar-refractivity contribution in [2.24, 2.45) is 5.73 Å². The second kappa shape index (κ2) is 11.2. The summed E-state index contributed by atoms with van der Waals surface area (Å²) in [5.74, 6) is -1.09. The fourth-order valence-corrected chi connectivity index (χ4v) is 4.59. The van der Waals surface area contributed by atoms with E-state index in [2.05, 4.69) is 21.2 Å². The molecule has 0 spiro atoms. The number of amides is 3. The van der Waals surface area contributed by atoms with Crippen LogP contribution in [0.2, 0.25) is 0 Å². The van der Waals surface area contributed by atoms with Gasteiger partial charge in [-0.2, -0.15) is 0 Å². The lowest BCUT2D eigenvalue weighted by Gasteiger charge is -2.35. The lowest BCUT2D eigenvalue weighted by Crippen LogP contribution is -2.56. The van der Waals surface area contributed by atoms with E-state index >= 15 is 0 Å². The summed E-state index contributed by atoms with van der Waals surface area (Å²) in [6, 6.07) is 22.7. The maximum atomic E-state index is 13.4. The monoisotopic (exact) mass is 535 g/mol. The molecule has 0 fully saturated rings. The smallest absolute Gasteiger partial charge is 0.411 e. The van der Waals surface area contributed by atoms with Gasteiger partial charge < -0.3 is 15.8 Å². The van der Waals surface area contributed by atoms with Crippen molar-refractivity contribution in [1.29, 1.82) is 0 Å². The number of rotatable bonds is 7. The Kier molecular flexibility index (Phi) is 7.82. The minimum atomic E-state index is -0.920. The first-order chi connectivity index (χ1) is 16.9. The molecule has 1 aliphatic heterocycles. The second-order valence-electron chi connectivity index (χ2n) is 8.45. The molecule has 7 nitrogen and oxygen atoms in total. The first kappa shape index (κ1) is 24.5. The molecule has 0 aromatic heterocycles. The maximum Gasteiger partial charge on any atom is 0.411 e. The molecule has 8 heteroatoms. The van der Waals surface area contributed by atoms with E-state index in [0.29, 0.717) is 6.42 Å². The van der Waals surface area contributed by atoms with Crippen molar-refractivity contribution in [2.75, 3.05) is 0 Å². The highest BCUT2D eigenvalue weighted by atomic mass is 79.9. The van der Waals surface area contributed by atoms with Crippen molar-refractivity contribution in [3.05, 3.63) is 106 Å². The van der Waals surface area contributed by atoms with Crippen molar-refractivity contribution < 1.29 is 19.1 Å². The van der Waals surface area contributed by atoms with E-state index in [1.54, 1.807) is 0 Å². The number of primary amides is 1. The lowest BCUT2D eigenvalue weighted by molar-refractivity contribution is -0.131. The number of halogens is 1. The SMILES string of the molecule is NC(=O)[C@@H](Cc1cccc(Br)c1)NC(=O)[C@@H]1Cc2ccccc2CN1C(=O)OCc1ccccc1. The van der Waals surface area contributed by atoms with Crippen LogP contribution in [0.4, 0.5) is 4.79 Å². The average molecular weight is 536 g/mol. The van der Waals surface area contributed by atoms with E-state index in [9.17, 15) is 14.4 Å². The second-order valence-corrected chi connectivity index (χ2v) is 9.37. The van der Waals surface area contributed by atoms with Crippen molar-refractivity contribution >= 4 is 33.8 Å². The molecule has 0 unspecified atom stereocenters. The Bertz CT molecular complexity index is 1220. The van der Waals surface area contributed by atoms with Gasteiger partial charge in [-0.05, 0) is 34.4 Å². The number of nitrogens with two attached hydrogens (primary N) is 1. The predicted octanol–water partition coefficient (Wildman–Crippen LogP) is 3.73. The van der Waals surface area contributed by atoms with Crippen LogP contribution < -0.4 is 11.1 Å². The van der Waals surface area contributed by atoms with Gasteiger partial charge in [-0.15, -0.1) is 0 Å². The molecular formula is C27H26BrN3O4. The Morgan fingerprint density at radius 1 is 0.971 bits per heavy atom. The largest absolute Gasteiger partial charge is 0.445 e. The van der Waals surface area contributed by atoms with Crippen LogP contribution in [0.5, 0.6) is 0 Å². The van der Waals surface area contributed by atoms with Gasteiger partial charge in [0.2, 0.25) is 11.8 Å². The van der Waals surface area contributed by atoms with Crippen LogP contribution in [-0.2, 0) is 40.3 Å². The quantitative estimate of drug-likeness (QED) is 0.481. The molecule has 1 heterocycles. The van der Waals surface area contributed by atoms with Crippen molar-refractivity contribution in [2.45, 2.75) is 38.1 Å². The first-order valence-electron chi connectivity index (χ1n) is 11.3. The fourth-order valence-electron chi connectivity index (χ4n) is 4.14. The maximum absolute atomic E-state index is 13.4. The molecule has 3 aromatic carbocycles. The highest BCUT2D eigenvalue weighted by Gasteiger charge is 2.37. The van der Waals surface area contributed by atoms with Gasteiger partial charge in [-0.1, -0.05) is 82.7 Å². The van der Waals surface area contributed by atoms with Gasteiger partial charge in [-0.3, -0.25) is 14.5 Å². The van der Waals surface area contributed by atoms with Crippen LogP contribution in [0.15, 0.2) is 83.3 Å². The normalized spacial score (nSPS) is 15.6. The predicted molar refractivity (Wildman–Crippen MR) is 135 cm³/mol. The molecule has 0 bridgehead atoms. The van der Waals surface area contributed by atoms with Gasteiger partial charge in [0.15, 0.2) is 0 Å². The third-order valence-electron chi connectivity index (χ3n) is 5.98. The van der Waals surface area contributed by atoms with Crippen molar-refractivity contribution in [1.82, 2.24) is 10.2 Å². The van der Waals surface area contributed by atoms with Crippen LogP contribution >= 0.6 is 15.9 Å². The molecule has 3 amide bonds. The molecule has 4 rings (SSSR count).